The second-order valence-corrected chi connectivity index (χ2v) is 10.4. The van der Waals surface area contributed by atoms with Gasteiger partial charge in [0, 0.05) is 6.42 Å². The predicted octanol–water partition coefficient (Wildman–Crippen LogP) is 11.8. The van der Waals surface area contributed by atoms with Crippen LogP contribution >= 0.6 is 0 Å². The first kappa shape index (κ1) is 46.4. The van der Waals surface area contributed by atoms with E-state index >= 15 is 0 Å². The van der Waals surface area contributed by atoms with Crippen molar-refractivity contribution in [3.05, 3.63) is 36.5 Å². The first-order valence-corrected chi connectivity index (χ1v) is 14.1. The normalized spacial score (nSPS) is 15.3. The summed E-state index contributed by atoms with van der Waals surface area (Å²) >= 11 is 0. The number of rotatable bonds is 23. The molecule has 0 saturated heterocycles. The van der Waals surface area contributed by atoms with E-state index in [4.69, 9.17) is 0 Å². The highest BCUT2D eigenvalue weighted by Crippen LogP contribution is 2.65. The van der Waals surface area contributed by atoms with Crippen LogP contribution in [0.25, 0.3) is 0 Å². The van der Waals surface area contributed by atoms with E-state index in [0.29, 0.717) is 25.7 Å². The highest BCUT2D eigenvalue weighted by molar-refractivity contribution is 5.69. The lowest BCUT2D eigenvalue weighted by molar-refractivity contribution is -0.474. The Labute approximate surface area is 267 Å². The molecule has 2 nitrogen and oxygen atoms in total. The molecule has 0 aromatic heterocycles. The van der Waals surface area contributed by atoms with E-state index < -0.39 is 79.0 Å². The number of hydrogen-bond acceptors (Lipinski definition) is 2. The Hall–Kier alpha value is -2.64. The molecule has 0 aromatic rings. The van der Waals surface area contributed by atoms with E-state index in [1.54, 1.807) is 0 Å². The third-order valence-electron chi connectivity index (χ3n) is 6.63. The number of esters is 1. The van der Waals surface area contributed by atoms with E-state index in [9.17, 15) is 88.2 Å². The third kappa shape index (κ3) is 9.58. The van der Waals surface area contributed by atoms with Crippen molar-refractivity contribution in [2.45, 2.75) is 125 Å². The second kappa shape index (κ2) is 17.0. The summed E-state index contributed by atoms with van der Waals surface area (Å²) in [4.78, 5) is 11.5. The molecule has 0 rings (SSSR count). The molecule has 0 fully saturated rings. The highest BCUT2D eigenvalue weighted by Gasteiger charge is 2.97. The van der Waals surface area contributed by atoms with Gasteiger partial charge >= 0.3 is 59.5 Å². The molecule has 0 aliphatic rings. The molecule has 0 heterocycles. The summed E-state index contributed by atoms with van der Waals surface area (Å²) in [6.45, 7) is -2.07. The molecule has 0 aliphatic heterocycles. The largest absolute Gasteiger partial charge is 0.473 e. The van der Waals surface area contributed by atoms with Crippen molar-refractivity contribution in [3.8, 4) is 0 Å². The standard InChI is InChI=1S/C28H31F19O2/c1-2-3-4-5-6-7-8-9-10-11-12-13-14-15-16-17-19(48)49-28(46,47)27(44,45)26(42,43)25(40,41)24(38,39)23(36,37)22(34,35)21(32,33)20(30,31)18-29/h3-4,6-7,9-10H,2,5,8,11-18H2,1H3. The number of carbonyl (C=O) groups excluding carboxylic acids is 1. The topological polar surface area (TPSA) is 26.3 Å². The van der Waals surface area contributed by atoms with Crippen molar-refractivity contribution in [3.63, 3.8) is 0 Å². The molecule has 0 bridgehead atoms. The average Bonchev–Trinajstić information content (AvgIpc) is 2.97. The summed E-state index contributed by atoms with van der Waals surface area (Å²) < 4.78 is 260. The molecule has 21 heteroatoms. The van der Waals surface area contributed by atoms with Crippen LogP contribution in [0, 0.1) is 0 Å². The van der Waals surface area contributed by atoms with Gasteiger partial charge in [0.1, 0.15) is 0 Å². The maximum absolute atomic E-state index is 13.9. The zero-order valence-corrected chi connectivity index (χ0v) is 25.2. The van der Waals surface area contributed by atoms with Gasteiger partial charge in [0.2, 0.25) is 0 Å². The fourth-order valence-electron chi connectivity index (χ4n) is 3.63. The summed E-state index contributed by atoms with van der Waals surface area (Å²) in [6, 6.07) is 0. The molecule has 49 heavy (non-hydrogen) atoms. The molecule has 0 amide bonds. The van der Waals surface area contributed by atoms with E-state index in [-0.39, 0.29) is 12.8 Å². The molecule has 0 unspecified atom stereocenters. The first-order valence-electron chi connectivity index (χ1n) is 14.1. The number of unbranched alkanes of at least 4 members (excludes halogenated alkanes) is 5. The summed E-state index contributed by atoms with van der Waals surface area (Å²) in [5.41, 5.74) is 0. The van der Waals surface area contributed by atoms with Crippen LogP contribution < -0.4 is 0 Å². The molecule has 0 spiro atoms. The number of hydrogen-bond donors (Lipinski definition) is 0. The van der Waals surface area contributed by atoms with Gasteiger partial charge in [-0.15, -0.1) is 0 Å². The zero-order chi connectivity index (χ0) is 38.8. The Balaban J connectivity index is 5.46. The maximum Gasteiger partial charge on any atom is 0.473 e. The average molecular weight is 761 g/mol. The monoisotopic (exact) mass is 760 g/mol. The van der Waals surface area contributed by atoms with E-state index in [1.807, 2.05) is 43.4 Å². The van der Waals surface area contributed by atoms with Crippen LogP contribution in [0.1, 0.15) is 71.1 Å². The van der Waals surface area contributed by atoms with Gasteiger partial charge in [0.05, 0.1) is 0 Å². The summed E-state index contributed by atoms with van der Waals surface area (Å²) in [5.74, 6) is -69.9. The minimum absolute atomic E-state index is 0.00930. The number of ether oxygens (including phenoxy) is 1. The Bertz CT molecular complexity index is 1130. The van der Waals surface area contributed by atoms with Gasteiger partial charge in [-0.1, -0.05) is 62.6 Å². The maximum atomic E-state index is 13.9. The van der Waals surface area contributed by atoms with Gasteiger partial charge in [0.15, 0.2) is 6.67 Å². The Morgan fingerprint density at radius 3 is 1.31 bits per heavy atom. The lowest BCUT2D eigenvalue weighted by Gasteiger charge is -2.43. The zero-order valence-electron chi connectivity index (χ0n) is 25.2. The van der Waals surface area contributed by atoms with Crippen LogP contribution in [0.15, 0.2) is 36.5 Å². The summed E-state index contributed by atoms with van der Waals surface area (Å²) in [7, 11) is 0. The van der Waals surface area contributed by atoms with Crippen LogP contribution in [-0.2, 0) is 9.53 Å². The summed E-state index contributed by atoms with van der Waals surface area (Å²) in [5, 5.41) is 0. The predicted molar refractivity (Wildman–Crippen MR) is 136 cm³/mol. The minimum Gasteiger partial charge on any atom is -0.396 e. The number of allylic oxidation sites excluding steroid dienone is 6. The van der Waals surface area contributed by atoms with Gasteiger partial charge in [-0.2, -0.15) is 79.0 Å². The van der Waals surface area contributed by atoms with Crippen LogP contribution in [0.5, 0.6) is 0 Å². The fraction of sp³-hybridized carbons (Fsp3) is 0.750. The van der Waals surface area contributed by atoms with E-state index in [0.717, 1.165) is 12.8 Å². The van der Waals surface area contributed by atoms with Crippen LogP contribution in [0.3, 0.4) is 0 Å². The number of carbonyl (C=O) groups is 1. The fourth-order valence-corrected chi connectivity index (χ4v) is 3.63. The molecule has 0 aromatic carbocycles. The lowest BCUT2D eigenvalue weighted by Crippen LogP contribution is -2.76. The van der Waals surface area contributed by atoms with E-state index in [1.165, 1.54) is 0 Å². The molecule has 0 saturated carbocycles. The second-order valence-electron chi connectivity index (χ2n) is 10.4. The van der Waals surface area contributed by atoms with Crippen LogP contribution in [0.2, 0.25) is 0 Å². The lowest BCUT2D eigenvalue weighted by atomic mass is 9.87. The first-order chi connectivity index (χ1) is 22.0. The highest BCUT2D eigenvalue weighted by atomic mass is 19.4. The Kier molecular flexibility index (Phi) is 16.1. The van der Waals surface area contributed by atoms with Crippen molar-refractivity contribution < 1.29 is 92.9 Å². The number of halogens is 19. The van der Waals surface area contributed by atoms with Gasteiger partial charge < -0.3 is 4.74 Å². The van der Waals surface area contributed by atoms with Crippen LogP contribution in [-0.4, -0.2) is 66.1 Å². The summed E-state index contributed by atoms with van der Waals surface area (Å²) in [6.07, 6.45) is 6.77. The van der Waals surface area contributed by atoms with Gasteiger partial charge in [-0.05, 0) is 38.5 Å². The van der Waals surface area contributed by atoms with Gasteiger partial charge in [-0.3, -0.25) is 4.79 Å². The minimum atomic E-state index is -8.98. The van der Waals surface area contributed by atoms with Crippen molar-refractivity contribution in [2.75, 3.05) is 6.67 Å². The SMILES string of the molecule is CCC=CCC=CCC=CCCCCCCCC(=O)OC(F)(F)C(F)(F)C(F)(F)C(F)(F)C(F)(F)C(F)(F)C(F)(F)C(F)(F)C(F)(F)CF. The van der Waals surface area contributed by atoms with Crippen LogP contribution in [0.4, 0.5) is 83.4 Å². The van der Waals surface area contributed by atoms with Crippen molar-refractivity contribution >= 4 is 5.97 Å². The van der Waals surface area contributed by atoms with E-state index in [2.05, 4.69) is 4.74 Å². The van der Waals surface area contributed by atoms with Crippen molar-refractivity contribution in [2.24, 2.45) is 0 Å². The molecule has 0 N–H and O–H groups in total. The molecule has 288 valence electrons. The Morgan fingerprint density at radius 1 is 0.490 bits per heavy atom. The molecule has 0 atom stereocenters. The van der Waals surface area contributed by atoms with Gasteiger partial charge in [-0.25, -0.2) is 4.39 Å². The molecule has 0 radical (unpaired) electrons. The van der Waals surface area contributed by atoms with Gasteiger partial charge in [0.25, 0.3) is 0 Å². The third-order valence-corrected chi connectivity index (χ3v) is 6.63. The molecular weight excluding hydrogens is 729 g/mol. The smallest absolute Gasteiger partial charge is 0.396 e. The molecular formula is C28H31F19O2. The van der Waals surface area contributed by atoms with Crippen molar-refractivity contribution in [1.29, 1.82) is 0 Å². The quantitative estimate of drug-likeness (QED) is 0.0449. The van der Waals surface area contributed by atoms with Crippen molar-refractivity contribution in [1.82, 2.24) is 0 Å². The number of alkyl halides is 19. The Morgan fingerprint density at radius 2 is 0.857 bits per heavy atom. The molecule has 0 aliphatic carbocycles.